The van der Waals surface area contributed by atoms with Crippen LogP contribution in [0.25, 0.3) is 98.7 Å². The van der Waals surface area contributed by atoms with Crippen molar-refractivity contribution in [2.24, 2.45) is 0 Å². The van der Waals surface area contributed by atoms with Crippen LogP contribution in [0.5, 0.6) is 0 Å². The summed E-state index contributed by atoms with van der Waals surface area (Å²) in [5.41, 5.74) is -10.2. The van der Waals surface area contributed by atoms with Gasteiger partial charge in [-0.3, -0.25) is 0 Å². The van der Waals surface area contributed by atoms with Crippen LogP contribution in [0, 0.1) is 0 Å². The summed E-state index contributed by atoms with van der Waals surface area (Å²) in [5.74, 6) is 0. The molecule has 0 radical (unpaired) electrons. The first-order valence-electron chi connectivity index (χ1n) is 32.2. The van der Waals surface area contributed by atoms with E-state index in [1.165, 1.54) is 0 Å². The summed E-state index contributed by atoms with van der Waals surface area (Å²) >= 11 is 0. The van der Waals surface area contributed by atoms with Gasteiger partial charge in [0, 0.05) is 0 Å². The van der Waals surface area contributed by atoms with Crippen molar-refractivity contribution >= 4 is 43.1 Å². The van der Waals surface area contributed by atoms with E-state index in [0.717, 1.165) is 0 Å². The van der Waals surface area contributed by atoms with E-state index in [1.807, 2.05) is 0 Å². The minimum Gasteiger partial charge on any atom is -0.0622 e. The van der Waals surface area contributed by atoms with Gasteiger partial charge in [-0.25, -0.2) is 0 Å². The summed E-state index contributed by atoms with van der Waals surface area (Å²) < 4.78 is 311. The number of hydrogen-bond acceptors (Lipinski definition) is 0. The Kier molecular flexibility index (Phi) is 2.74. The van der Waals surface area contributed by atoms with Crippen molar-refractivity contribution in [3.05, 3.63) is 205 Å². The topological polar surface area (TPSA) is 0 Å². The molecule has 0 aliphatic heterocycles. The van der Waals surface area contributed by atoms with E-state index < -0.39 is 304 Å². The lowest BCUT2D eigenvalue weighted by atomic mass is 9.83. The third kappa shape index (κ3) is 5.25. The first-order valence-corrected chi connectivity index (χ1v) is 15.2. The van der Waals surface area contributed by atoms with Crippen LogP contribution in [-0.2, 0) is 0 Å². The highest BCUT2D eigenvalue weighted by atomic mass is 14.2. The molecule has 0 amide bonds. The molecule has 10 rings (SSSR count). The van der Waals surface area contributed by atoms with Gasteiger partial charge in [-0.05, 0) is 135 Å². The van der Waals surface area contributed by atoms with E-state index in [9.17, 15) is 17.8 Å². The van der Waals surface area contributed by atoms with Gasteiger partial charge in [-0.15, -0.1) is 0 Å². The van der Waals surface area contributed by atoms with Gasteiger partial charge in [0.05, 0.1) is 46.6 Å². The molecule has 0 saturated carbocycles. The Bertz CT molecular complexity index is 4760. The predicted molar refractivity (Wildman–Crippen MR) is 224 cm³/mol. The Morgan fingerprint density at radius 1 is 0.212 bits per heavy atom. The standard InChI is InChI=1S/C52H34/c1-3-13-35(14-4-1)44-31-45(36-15-5-2-6-16-36)33-46(32-44)52-48-22-12-11-21-47(48)51(43-26-24-38-18-8-10-20-40(38)30-43)50-34-42(27-28-49(50)52)41-25-23-37-17-7-9-19-39(37)29-41/h1-34H/i1D,2D,3D,4D,5D,6D,7D,8D,9D,10D,11D,12D,13D,14D,15D,16D,17D,18D,19D,20D,21D,22D,23D,24D,25D,26D,27D,28D,29D,30D,31D,32D,33D,34D. The van der Waals surface area contributed by atoms with Crippen LogP contribution in [0.15, 0.2) is 205 Å². The van der Waals surface area contributed by atoms with Crippen LogP contribution < -0.4 is 0 Å². The summed E-state index contributed by atoms with van der Waals surface area (Å²) in [6.07, 6.45) is 0. The van der Waals surface area contributed by atoms with Gasteiger partial charge in [0.1, 0.15) is 0 Å². The first kappa shape index (κ1) is 11.4. The molecule has 0 bridgehead atoms. The molecule has 0 aromatic heterocycles. The van der Waals surface area contributed by atoms with Crippen LogP contribution in [0.2, 0.25) is 0 Å². The average molecular weight is 693 g/mol. The fourth-order valence-corrected chi connectivity index (χ4v) is 5.75. The lowest BCUT2D eigenvalue weighted by Gasteiger charge is -2.20. The molecular formula is C52H34. The molecule has 0 spiro atoms. The number of benzene rings is 10. The van der Waals surface area contributed by atoms with Crippen molar-refractivity contribution in [2.45, 2.75) is 0 Å². The summed E-state index contributed by atoms with van der Waals surface area (Å²) in [4.78, 5) is 0. The van der Waals surface area contributed by atoms with Crippen LogP contribution in [0.1, 0.15) is 46.6 Å². The second-order valence-corrected chi connectivity index (χ2v) is 11.0. The van der Waals surface area contributed by atoms with E-state index in [0.29, 0.717) is 0 Å². The number of fused-ring (bicyclic) bond motifs is 4. The van der Waals surface area contributed by atoms with Crippen LogP contribution in [0.3, 0.4) is 0 Å². The maximum atomic E-state index is 10.3. The van der Waals surface area contributed by atoms with Gasteiger partial charge in [0.25, 0.3) is 0 Å². The molecular weight excluding hydrogens is 625 g/mol. The van der Waals surface area contributed by atoms with Gasteiger partial charge < -0.3 is 0 Å². The summed E-state index contributed by atoms with van der Waals surface area (Å²) in [7, 11) is 0. The largest absolute Gasteiger partial charge is 0.0636 e. The average Bonchev–Trinajstić information content (AvgIpc) is 0.695. The van der Waals surface area contributed by atoms with Crippen LogP contribution in [0.4, 0.5) is 0 Å². The SMILES string of the molecule is [2H]c1c([2H])c([2H])c(-c2c([2H])c(-c3c([2H])c([2H])c([2H])c([2H])c3[2H])c([2H])c(-c3c4c([2H])c([2H])c([2H])c([2H])c4c(-c4c([2H])c([2H])c5c([2H])c([2H])c([2H])c([2H])c5c4[2H])c4c([2H])c(-c5c([2H])c([2H])c6c([2H])c([2H])c([2H])c([2H])c6c5[2H])c([2H])c([2H])c34)c2[2H])c([2H])c1[2H]. The molecule has 0 heteroatoms. The Morgan fingerprint density at radius 3 is 1.21 bits per heavy atom. The minimum absolute atomic E-state index is 0.667. The van der Waals surface area contributed by atoms with Crippen LogP contribution >= 0.6 is 0 Å². The van der Waals surface area contributed by atoms with Gasteiger partial charge in [0.15, 0.2) is 0 Å². The van der Waals surface area contributed by atoms with Gasteiger partial charge in [-0.1, -0.05) is 169 Å². The zero-order valence-electron chi connectivity index (χ0n) is 60.0. The van der Waals surface area contributed by atoms with Gasteiger partial charge in [-0.2, -0.15) is 0 Å². The summed E-state index contributed by atoms with van der Waals surface area (Å²) in [6.45, 7) is 0. The third-order valence-electron chi connectivity index (χ3n) is 8.00. The highest BCUT2D eigenvalue weighted by Gasteiger charge is 2.19. The molecule has 0 fully saturated rings. The van der Waals surface area contributed by atoms with Crippen LogP contribution in [-0.4, -0.2) is 0 Å². The maximum absolute atomic E-state index is 10.3. The lowest BCUT2D eigenvalue weighted by molar-refractivity contribution is 1.58. The van der Waals surface area contributed by atoms with Crippen molar-refractivity contribution in [3.8, 4) is 55.6 Å². The van der Waals surface area contributed by atoms with E-state index >= 15 is 0 Å². The van der Waals surface area contributed by atoms with Crippen molar-refractivity contribution in [2.75, 3.05) is 0 Å². The monoisotopic (exact) mass is 692 g/mol. The first-order chi connectivity index (χ1) is 40.0. The van der Waals surface area contributed by atoms with E-state index in [2.05, 4.69) is 0 Å². The highest BCUT2D eigenvalue weighted by Crippen LogP contribution is 2.46. The normalized spacial score (nSPS) is 20.6. The molecule has 0 atom stereocenters. The summed E-state index contributed by atoms with van der Waals surface area (Å²) in [5, 5.41) is -6.88. The second kappa shape index (κ2) is 12.5. The van der Waals surface area contributed by atoms with Crippen molar-refractivity contribution < 1.29 is 46.6 Å². The molecule has 242 valence electrons. The molecule has 0 unspecified atom stereocenters. The molecule has 10 aromatic carbocycles. The Hall–Kier alpha value is -6.76. The van der Waals surface area contributed by atoms with Crippen molar-refractivity contribution in [3.63, 3.8) is 0 Å². The molecule has 0 aliphatic rings. The number of rotatable bonds is 5. The molecule has 10 aromatic rings. The maximum Gasteiger partial charge on any atom is 0.0636 e. The molecule has 0 aliphatic carbocycles. The van der Waals surface area contributed by atoms with Gasteiger partial charge in [0.2, 0.25) is 0 Å². The fraction of sp³-hybridized carbons (Fsp3) is 0. The zero-order valence-corrected chi connectivity index (χ0v) is 26.0. The lowest BCUT2D eigenvalue weighted by Crippen LogP contribution is -1.93. The summed E-state index contributed by atoms with van der Waals surface area (Å²) in [6, 6.07) is -36.8. The predicted octanol–water partition coefficient (Wildman–Crippen LogP) is 14.6. The molecule has 52 heavy (non-hydrogen) atoms. The quantitative estimate of drug-likeness (QED) is 0.158. The molecule has 0 N–H and O–H groups in total. The van der Waals surface area contributed by atoms with Crippen molar-refractivity contribution in [1.29, 1.82) is 0 Å². The van der Waals surface area contributed by atoms with E-state index in [4.69, 9.17) is 28.8 Å². The Labute approximate surface area is 351 Å². The van der Waals surface area contributed by atoms with E-state index in [-0.39, 0.29) is 0 Å². The van der Waals surface area contributed by atoms with E-state index in [1.54, 1.807) is 0 Å². The molecule has 0 saturated heterocycles. The third-order valence-corrected chi connectivity index (χ3v) is 8.00. The highest BCUT2D eigenvalue weighted by molar-refractivity contribution is 6.22. The number of hydrogen-bond donors (Lipinski definition) is 0. The molecule has 0 nitrogen and oxygen atoms in total. The fourth-order valence-electron chi connectivity index (χ4n) is 5.75. The zero-order chi connectivity index (χ0) is 64.0. The van der Waals surface area contributed by atoms with Gasteiger partial charge >= 0.3 is 0 Å². The van der Waals surface area contributed by atoms with Crippen molar-refractivity contribution in [1.82, 2.24) is 0 Å². The second-order valence-electron chi connectivity index (χ2n) is 11.0. The molecule has 0 heterocycles. The smallest absolute Gasteiger partial charge is 0.0622 e. The minimum atomic E-state index is -1.29. The Morgan fingerprint density at radius 2 is 0.615 bits per heavy atom. The Balaban J connectivity index is 1.62.